The van der Waals surface area contributed by atoms with Crippen LogP contribution < -0.4 is 0 Å². The Labute approximate surface area is 86.5 Å². The summed E-state index contributed by atoms with van der Waals surface area (Å²) in [6, 6.07) is 0. The lowest BCUT2D eigenvalue weighted by molar-refractivity contribution is 0.345. The van der Waals surface area contributed by atoms with E-state index in [1.54, 1.807) is 0 Å². The Balaban J connectivity index is 2.79. The van der Waals surface area contributed by atoms with Crippen LogP contribution in [0.4, 0.5) is 0 Å². The molecule has 0 amide bonds. The molecule has 0 radical (unpaired) electrons. The third-order valence-corrected chi connectivity index (χ3v) is 1.92. The lowest BCUT2D eigenvalue weighted by Gasteiger charge is -2.18. The largest absolute Gasteiger partial charge is 0.247 e. The molecule has 0 bridgehead atoms. The van der Waals surface area contributed by atoms with Crippen LogP contribution in [0.3, 0.4) is 0 Å². The second kappa shape index (κ2) is 3.37. The molecule has 3 heteroatoms. The summed E-state index contributed by atoms with van der Waals surface area (Å²) < 4.78 is 1.92. The molecule has 0 aromatic carbocycles. The van der Waals surface area contributed by atoms with E-state index in [0.717, 1.165) is 12.2 Å². The standard InChI is InChI=1S/C11H21N3/c1-10(2,3)7-9-12-8-14(13-9)11(4,5)6/h8H,7H2,1-6H3. The van der Waals surface area contributed by atoms with Gasteiger partial charge < -0.3 is 0 Å². The molecule has 0 fully saturated rings. The van der Waals surface area contributed by atoms with E-state index in [4.69, 9.17) is 0 Å². The van der Waals surface area contributed by atoms with Crippen LogP contribution in [0, 0.1) is 5.41 Å². The molecule has 0 saturated carbocycles. The molecule has 0 aliphatic heterocycles. The molecule has 0 atom stereocenters. The molecule has 0 N–H and O–H groups in total. The van der Waals surface area contributed by atoms with Crippen molar-refractivity contribution >= 4 is 0 Å². The predicted molar refractivity (Wildman–Crippen MR) is 58.2 cm³/mol. The highest BCUT2D eigenvalue weighted by molar-refractivity contribution is 4.89. The summed E-state index contributed by atoms with van der Waals surface area (Å²) in [5, 5.41) is 4.47. The van der Waals surface area contributed by atoms with Gasteiger partial charge in [0.1, 0.15) is 6.33 Å². The summed E-state index contributed by atoms with van der Waals surface area (Å²) in [7, 11) is 0. The molecule has 14 heavy (non-hydrogen) atoms. The average Bonchev–Trinajstić information content (AvgIpc) is 2.29. The van der Waals surface area contributed by atoms with Gasteiger partial charge in [-0.3, -0.25) is 0 Å². The van der Waals surface area contributed by atoms with Gasteiger partial charge in [-0.15, -0.1) is 0 Å². The molecule has 80 valence electrons. The summed E-state index contributed by atoms with van der Waals surface area (Å²) in [5.41, 5.74) is 0.285. The first-order valence-corrected chi connectivity index (χ1v) is 5.09. The normalized spacial score (nSPS) is 13.3. The molecule has 1 rings (SSSR count). The van der Waals surface area contributed by atoms with Crippen LogP contribution in [-0.2, 0) is 12.0 Å². The van der Waals surface area contributed by atoms with Crippen molar-refractivity contribution in [2.75, 3.05) is 0 Å². The van der Waals surface area contributed by atoms with Gasteiger partial charge >= 0.3 is 0 Å². The molecule has 0 spiro atoms. The Hall–Kier alpha value is -0.860. The molecular weight excluding hydrogens is 174 g/mol. The van der Waals surface area contributed by atoms with Gasteiger partial charge in [0.05, 0.1) is 5.54 Å². The van der Waals surface area contributed by atoms with Crippen molar-refractivity contribution in [2.45, 2.75) is 53.5 Å². The minimum atomic E-state index is 0.0309. The predicted octanol–water partition coefficient (Wildman–Crippen LogP) is 2.62. The zero-order valence-electron chi connectivity index (χ0n) is 10.1. The van der Waals surface area contributed by atoms with Crippen molar-refractivity contribution < 1.29 is 0 Å². The fourth-order valence-electron chi connectivity index (χ4n) is 1.18. The minimum Gasteiger partial charge on any atom is -0.247 e. The summed E-state index contributed by atoms with van der Waals surface area (Å²) in [6.45, 7) is 13.0. The number of rotatable bonds is 1. The Bertz CT molecular complexity index is 299. The second-order valence-electron chi connectivity index (χ2n) is 6.01. The number of aromatic nitrogens is 3. The van der Waals surface area contributed by atoms with Crippen molar-refractivity contribution in [3.05, 3.63) is 12.2 Å². The molecule has 1 heterocycles. The smallest absolute Gasteiger partial charge is 0.151 e. The highest BCUT2D eigenvalue weighted by Crippen LogP contribution is 2.19. The quantitative estimate of drug-likeness (QED) is 0.689. The van der Waals surface area contributed by atoms with E-state index < -0.39 is 0 Å². The van der Waals surface area contributed by atoms with Gasteiger partial charge in [-0.2, -0.15) is 5.10 Å². The van der Waals surface area contributed by atoms with Crippen molar-refractivity contribution in [1.29, 1.82) is 0 Å². The first-order valence-electron chi connectivity index (χ1n) is 5.09. The van der Waals surface area contributed by atoms with Crippen molar-refractivity contribution in [2.24, 2.45) is 5.41 Å². The zero-order chi connectivity index (χ0) is 11.0. The van der Waals surface area contributed by atoms with E-state index in [0.29, 0.717) is 0 Å². The highest BCUT2D eigenvalue weighted by Gasteiger charge is 2.18. The Kier molecular flexibility index (Phi) is 2.70. The van der Waals surface area contributed by atoms with E-state index in [2.05, 4.69) is 51.6 Å². The van der Waals surface area contributed by atoms with Gasteiger partial charge in [0.2, 0.25) is 0 Å². The van der Waals surface area contributed by atoms with Crippen LogP contribution in [-0.4, -0.2) is 14.8 Å². The Morgan fingerprint density at radius 2 is 1.71 bits per heavy atom. The van der Waals surface area contributed by atoms with Crippen molar-refractivity contribution in [3.8, 4) is 0 Å². The lowest BCUT2D eigenvalue weighted by Crippen LogP contribution is -2.22. The summed E-state index contributed by atoms with van der Waals surface area (Å²) in [4.78, 5) is 4.32. The maximum absolute atomic E-state index is 4.47. The second-order valence-corrected chi connectivity index (χ2v) is 6.01. The van der Waals surface area contributed by atoms with E-state index in [1.165, 1.54) is 0 Å². The van der Waals surface area contributed by atoms with E-state index in [-0.39, 0.29) is 11.0 Å². The number of hydrogen-bond acceptors (Lipinski definition) is 2. The maximum atomic E-state index is 4.47. The number of hydrogen-bond donors (Lipinski definition) is 0. The van der Waals surface area contributed by atoms with Gasteiger partial charge in [-0.1, -0.05) is 20.8 Å². The van der Waals surface area contributed by atoms with Gasteiger partial charge in [0.25, 0.3) is 0 Å². The van der Waals surface area contributed by atoms with Crippen LogP contribution in [0.25, 0.3) is 0 Å². The average molecular weight is 195 g/mol. The highest BCUT2D eigenvalue weighted by atomic mass is 15.4. The monoisotopic (exact) mass is 195 g/mol. The van der Waals surface area contributed by atoms with Gasteiger partial charge in [0.15, 0.2) is 5.82 Å². The Morgan fingerprint density at radius 3 is 2.07 bits per heavy atom. The van der Waals surface area contributed by atoms with Crippen LogP contribution >= 0.6 is 0 Å². The van der Waals surface area contributed by atoms with E-state index >= 15 is 0 Å². The van der Waals surface area contributed by atoms with Crippen LogP contribution in [0.15, 0.2) is 6.33 Å². The lowest BCUT2D eigenvalue weighted by atomic mass is 9.92. The first-order chi connectivity index (χ1) is 6.18. The van der Waals surface area contributed by atoms with E-state index in [9.17, 15) is 0 Å². The zero-order valence-corrected chi connectivity index (χ0v) is 10.1. The van der Waals surface area contributed by atoms with Crippen LogP contribution in [0.2, 0.25) is 0 Å². The SMILES string of the molecule is CC(C)(C)Cc1ncn(C(C)(C)C)n1. The topological polar surface area (TPSA) is 30.7 Å². The first kappa shape index (κ1) is 11.2. The van der Waals surface area contributed by atoms with Crippen LogP contribution in [0.1, 0.15) is 47.4 Å². The van der Waals surface area contributed by atoms with E-state index in [1.807, 2.05) is 11.0 Å². The molecule has 3 nitrogen and oxygen atoms in total. The number of nitrogens with zero attached hydrogens (tertiary/aromatic N) is 3. The van der Waals surface area contributed by atoms with Gasteiger partial charge in [-0.25, -0.2) is 9.67 Å². The fraction of sp³-hybridized carbons (Fsp3) is 0.818. The molecule has 0 saturated heterocycles. The van der Waals surface area contributed by atoms with Crippen molar-refractivity contribution in [1.82, 2.24) is 14.8 Å². The summed E-state index contributed by atoms with van der Waals surface area (Å²) in [6.07, 6.45) is 2.75. The third-order valence-electron chi connectivity index (χ3n) is 1.92. The molecule has 0 unspecified atom stereocenters. The summed E-state index contributed by atoms with van der Waals surface area (Å²) >= 11 is 0. The summed E-state index contributed by atoms with van der Waals surface area (Å²) in [5.74, 6) is 0.937. The van der Waals surface area contributed by atoms with Gasteiger partial charge in [-0.05, 0) is 26.2 Å². The Morgan fingerprint density at radius 1 is 1.14 bits per heavy atom. The molecule has 0 aliphatic rings. The fourth-order valence-corrected chi connectivity index (χ4v) is 1.18. The minimum absolute atomic E-state index is 0.0309. The molecular formula is C11H21N3. The van der Waals surface area contributed by atoms with Crippen LogP contribution in [0.5, 0.6) is 0 Å². The van der Waals surface area contributed by atoms with Gasteiger partial charge in [0, 0.05) is 6.42 Å². The van der Waals surface area contributed by atoms with Crippen molar-refractivity contribution in [3.63, 3.8) is 0 Å². The molecule has 1 aromatic rings. The molecule has 0 aliphatic carbocycles. The maximum Gasteiger partial charge on any atom is 0.151 e. The third kappa shape index (κ3) is 3.13. The molecule has 1 aromatic heterocycles.